The topological polar surface area (TPSA) is 49.3 Å². The molecule has 0 aromatic heterocycles. The van der Waals surface area contributed by atoms with Gasteiger partial charge in [0.05, 0.1) is 6.42 Å². The van der Waals surface area contributed by atoms with Gasteiger partial charge in [-0.05, 0) is 28.7 Å². The Morgan fingerprint density at radius 2 is 1.76 bits per heavy atom. The van der Waals surface area contributed by atoms with E-state index >= 15 is 0 Å². The molecule has 0 heterocycles. The Labute approximate surface area is 125 Å². The Kier molecular flexibility index (Phi) is 4.32. The highest BCUT2D eigenvalue weighted by Crippen LogP contribution is 2.22. The molecule has 0 aliphatic heterocycles. The Morgan fingerprint density at radius 1 is 1.10 bits per heavy atom. The number of benzene rings is 2. The van der Waals surface area contributed by atoms with E-state index in [1.165, 1.54) is 11.6 Å². The molecule has 0 unspecified atom stereocenters. The van der Waals surface area contributed by atoms with E-state index in [2.05, 4.69) is 38.2 Å². The lowest BCUT2D eigenvalue weighted by atomic mass is 9.86. The summed E-state index contributed by atoms with van der Waals surface area (Å²) in [5.74, 6) is 0.0476. The number of carbonyl (C=O) groups is 1. The third-order valence-electron chi connectivity index (χ3n) is 3.31. The van der Waals surface area contributed by atoms with E-state index in [9.17, 15) is 9.90 Å². The van der Waals surface area contributed by atoms with Crippen molar-refractivity contribution in [2.75, 3.05) is 5.32 Å². The highest BCUT2D eigenvalue weighted by atomic mass is 16.3. The van der Waals surface area contributed by atoms with E-state index < -0.39 is 0 Å². The Hall–Kier alpha value is -2.29. The molecule has 21 heavy (non-hydrogen) atoms. The van der Waals surface area contributed by atoms with Crippen LogP contribution in [0.4, 0.5) is 5.69 Å². The van der Waals surface area contributed by atoms with Gasteiger partial charge in [0.2, 0.25) is 5.91 Å². The maximum absolute atomic E-state index is 12.0. The average Bonchev–Trinajstić information content (AvgIpc) is 2.38. The van der Waals surface area contributed by atoms with Crippen molar-refractivity contribution >= 4 is 11.6 Å². The number of hydrogen-bond donors (Lipinski definition) is 2. The van der Waals surface area contributed by atoms with Crippen LogP contribution < -0.4 is 5.32 Å². The van der Waals surface area contributed by atoms with Gasteiger partial charge in [-0.25, -0.2) is 0 Å². The fraction of sp³-hybridized carbons (Fsp3) is 0.278. The lowest BCUT2D eigenvalue weighted by molar-refractivity contribution is -0.115. The second kappa shape index (κ2) is 6.00. The Morgan fingerprint density at radius 3 is 2.33 bits per heavy atom. The highest BCUT2D eigenvalue weighted by molar-refractivity contribution is 5.92. The molecule has 0 spiro atoms. The predicted molar refractivity (Wildman–Crippen MR) is 85.6 cm³/mol. The van der Waals surface area contributed by atoms with E-state index in [1.54, 1.807) is 18.2 Å². The summed E-state index contributed by atoms with van der Waals surface area (Å²) < 4.78 is 0. The fourth-order valence-corrected chi connectivity index (χ4v) is 2.10. The molecule has 2 rings (SSSR count). The molecule has 0 saturated heterocycles. The van der Waals surface area contributed by atoms with E-state index in [1.807, 2.05) is 12.1 Å². The summed E-state index contributed by atoms with van der Waals surface area (Å²) in [6, 6.07) is 14.7. The molecule has 2 aromatic rings. The van der Waals surface area contributed by atoms with Gasteiger partial charge in [0.1, 0.15) is 5.75 Å². The normalized spacial score (nSPS) is 11.2. The number of phenolic OH excluding ortho intramolecular Hbond substituents is 1. The number of phenols is 1. The molecule has 3 nitrogen and oxygen atoms in total. The van der Waals surface area contributed by atoms with Gasteiger partial charge < -0.3 is 10.4 Å². The number of hydrogen-bond acceptors (Lipinski definition) is 2. The van der Waals surface area contributed by atoms with Gasteiger partial charge in [0, 0.05) is 11.8 Å². The van der Waals surface area contributed by atoms with Crippen molar-refractivity contribution in [1.29, 1.82) is 0 Å². The molecule has 0 aliphatic rings. The average molecular weight is 283 g/mol. The highest BCUT2D eigenvalue weighted by Gasteiger charge is 2.13. The van der Waals surface area contributed by atoms with E-state index in [-0.39, 0.29) is 17.1 Å². The molecule has 0 bridgehead atoms. The Balaban J connectivity index is 2.00. The summed E-state index contributed by atoms with van der Waals surface area (Å²) in [5, 5.41) is 12.1. The van der Waals surface area contributed by atoms with Crippen molar-refractivity contribution in [2.24, 2.45) is 0 Å². The molecule has 1 amide bonds. The van der Waals surface area contributed by atoms with Crippen LogP contribution in [-0.2, 0) is 16.6 Å². The molecule has 2 aromatic carbocycles. The second-order valence-electron chi connectivity index (χ2n) is 6.22. The summed E-state index contributed by atoms with van der Waals surface area (Å²) in [5.41, 5.74) is 2.94. The number of carbonyl (C=O) groups excluding carboxylic acids is 1. The first-order valence-electron chi connectivity index (χ1n) is 7.03. The van der Waals surface area contributed by atoms with Crippen LogP contribution in [0.15, 0.2) is 48.5 Å². The summed E-state index contributed by atoms with van der Waals surface area (Å²) in [7, 11) is 0. The first kappa shape index (κ1) is 15.1. The summed E-state index contributed by atoms with van der Waals surface area (Å²) in [6.45, 7) is 6.49. The zero-order valence-corrected chi connectivity index (χ0v) is 12.7. The third kappa shape index (κ3) is 4.35. The number of amides is 1. The van der Waals surface area contributed by atoms with Crippen molar-refractivity contribution < 1.29 is 9.90 Å². The standard InChI is InChI=1S/C18H21NO2/c1-18(2,3)14-9-7-13(8-10-14)11-17(21)19-15-5-4-6-16(20)12-15/h4-10,12,20H,11H2,1-3H3,(H,19,21). The maximum Gasteiger partial charge on any atom is 0.228 e. The van der Waals surface area contributed by atoms with Gasteiger partial charge in [-0.15, -0.1) is 0 Å². The zero-order chi connectivity index (χ0) is 15.5. The van der Waals surface area contributed by atoms with Crippen LogP contribution in [0.25, 0.3) is 0 Å². The van der Waals surface area contributed by atoms with E-state index in [0.717, 1.165) is 5.56 Å². The predicted octanol–water partition coefficient (Wildman–Crippen LogP) is 3.87. The molecule has 3 heteroatoms. The largest absolute Gasteiger partial charge is 0.508 e. The van der Waals surface area contributed by atoms with Crippen molar-refractivity contribution in [2.45, 2.75) is 32.6 Å². The molecule has 0 radical (unpaired) electrons. The molecule has 2 N–H and O–H groups in total. The molecule has 0 saturated carbocycles. The zero-order valence-electron chi connectivity index (χ0n) is 12.7. The molecule has 0 atom stereocenters. The minimum absolute atomic E-state index is 0.0934. The number of aromatic hydroxyl groups is 1. The molecular weight excluding hydrogens is 262 g/mol. The first-order valence-corrected chi connectivity index (χ1v) is 7.03. The molecule has 0 aliphatic carbocycles. The van der Waals surface area contributed by atoms with Crippen LogP contribution in [0.3, 0.4) is 0 Å². The lowest BCUT2D eigenvalue weighted by Gasteiger charge is -2.19. The smallest absolute Gasteiger partial charge is 0.228 e. The fourth-order valence-electron chi connectivity index (χ4n) is 2.10. The van der Waals surface area contributed by atoms with Gasteiger partial charge in [-0.3, -0.25) is 4.79 Å². The van der Waals surface area contributed by atoms with Crippen LogP contribution in [0.1, 0.15) is 31.9 Å². The van der Waals surface area contributed by atoms with Gasteiger partial charge in [-0.1, -0.05) is 51.1 Å². The Bertz CT molecular complexity index is 624. The summed E-state index contributed by atoms with van der Waals surface area (Å²) in [4.78, 5) is 12.0. The van der Waals surface area contributed by atoms with Crippen LogP contribution >= 0.6 is 0 Å². The quantitative estimate of drug-likeness (QED) is 0.898. The van der Waals surface area contributed by atoms with Gasteiger partial charge in [0.15, 0.2) is 0 Å². The van der Waals surface area contributed by atoms with Crippen LogP contribution in [-0.4, -0.2) is 11.0 Å². The summed E-state index contributed by atoms with van der Waals surface area (Å²) >= 11 is 0. The third-order valence-corrected chi connectivity index (χ3v) is 3.31. The number of anilines is 1. The second-order valence-corrected chi connectivity index (χ2v) is 6.22. The van der Waals surface area contributed by atoms with Crippen LogP contribution in [0, 0.1) is 0 Å². The lowest BCUT2D eigenvalue weighted by Crippen LogP contribution is -2.15. The first-order chi connectivity index (χ1) is 9.84. The van der Waals surface area contributed by atoms with E-state index in [0.29, 0.717) is 12.1 Å². The number of nitrogens with one attached hydrogen (secondary N) is 1. The van der Waals surface area contributed by atoms with E-state index in [4.69, 9.17) is 0 Å². The minimum Gasteiger partial charge on any atom is -0.508 e. The monoisotopic (exact) mass is 283 g/mol. The van der Waals surface area contributed by atoms with Crippen molar-refractivity contribution in [1.82, 2.24) is 0 Å². The molecule has 110 valence electrons. The molecule has 0 fully saturated rings. The van der Waals surface area contributed by atoms with Crippen molar-refractivity contribution in [3.05, 3.63) is 59.7 Å². The van der Waals surface area contributed by atoms with Gasteiger partial charge in [-0.2, -0.15) is 0 Å². The van der Waals surface area contributed by atoms with Crippen molar-refractivity contribution in [3.63, 3.8) is 0 Å². The summed E-state index contributed by atoms with van der Waals surface area (Å²) in [6.07, 6.45) is 0.320. The van der Waals surface area contributed by atoms with Gasteiger partial charge >= 0.3 is 0 Å². The van der Waals surface area contributed by atoms with Crippen LogP contribution in [0.5, 0.6) is 5.75 Å². The van der Waals surface area contributed by atoms with Crippen LogP contribution in [0.2, 0.25) is 0 Å². The SMILES string of the molecule is CC(C)(C)c1ccc(CC(=O)Nc2cccc(O)c2)cc1. The number of rotatable bonds is 3. The maximum atomic E-state index is 12.0. The van der Waals surface area contributed by atoms with Gasteiger partial charge in [0.25, 0.3) is 0 Å². The minimum atomic E-state index is -0.0934. The molecular formula is C18H21NO2. The van der Waals surface area contributed by atoms with Crippen molar-refractivity contribution in [3.8, 4) is 5.75 Å².